The van der Waals surface area contributed by atoms with E-state index in [0.717, 1.165) is 17.7 Å². The van der Waals surface area contributed by atoms with Crippen LogP contribution < -0.4 is 10.6 Å². The summed E-state index contributed by atoms with van der Waals surface area (Å²) in [6.07, 6.45) is 6.23. The van der Waals surface area contributed by atoms with Gasteiger partial charge in [0.1, 0.15) is 0 Å². The fraction of sp³-hybridized carbons (Fsp3) is 0.588. The topological polar surface area (TPSA) is 41.1 Å². The van der Waals surface area contributed by atoms with Gasteiger partial charge in [-0.05, 0) is 31.9 Å². The summed E-state index contributed by atoms with van der Waals surface area (Å²) in [4.78, 5) is 11.9. The van der Waals surface area contributed by atoms with E-state index in [-0.39, 0.29) is 18.3 Å². The zero-order chi connectivity index (χ0) is 14.8. The molecule has 1 amide bonds. The molecule has 3 nitrogen and oxygen atoms in total. The number of aryl methyl sites for hydroxylation is 1. The number of amides is 1. The van der Waals surface area contributed by atoms with Crippen LogP contribution in [-0.2, 0) is 4.79 Å². The number of carbonyl (C=O) groups is 1. The molecule has 0 aliphatic rings. The highest BCUT2D eigenvalue weighted by Gasteiger charge is 2.06. The first-order valence-electron chi connectivity index (χ1n) is 7.72. The van der Waals surface area contributed by atoms with Crippen molar-refractivity contribution < 1.29 is 4.79 Å². The maximum atomic E-state index is 11.9. The Morgan fingerprint density at radius 2 is 1.90 bits per heavy atom. The van der Waals surface area contributed by atoms with E-state index in [2.05, 4.69) is 24.5 Å². The van der Waals surface area contributed by atoms with E-state index >= 15 is 0 Å². The van der Waals surface area contributed by atoms with Crippen LogP contribution in [0, 0.1) is 6.92 Å². The summed E-state index contributed by atoms with van der Waals surface area (Å²) < 4.78 is 0. The zero-order valence-corrected chi connectivity index (χ0v) is 14.3. The van der Waals surface area contributed by atoms with Crippen LogP contribution in [-0.4, -0.2) is 18.5 Å². The molecule has 1 aromatic rings. The van der Waals surface area contributed by atoms with E-state index in [4.69, 9.17) is 0 Å². The quantitative estimate of drug-likeness (QED) is 0.667. The average Bonchev–Trinajstić information content (AvgIpc) is 2.44. The normalized spacial score (nSPS) is 11.6. The largest absolute Gasteiger partial charge is 0.325 e. The fourth-order valence-corrected chi connectivity index (χ4v) is 2.15. The second-order valence-corrected chi connectivity index (χ2v) is 5.49. The minimum Gasteiger partial charge on any atom is -0.325 e. The highest BCUT2D eigenvalue weighted by atomic mass is 35.5. The molecule has 120 valence electrons. The summed E-state index contributed by atoms with van der Waals surface area (Å²) in [7, 11) is 0. The molecule has 1 rings (SSSR count). The lowest BCUT2D eigenvalue weighted by Crippen LogP contribution is -2.34. The van der Waals surface area contributed by atoms with Crippen molar-refractivity contribution in [3.05, 3.63) is 29.8 Å². The van der Waals surface area contributed by atoms with Gasteiger partial charge in [-0.1, -0.05) is 50.8 Å². The van der Waals surface area contributed by atoms with Crippen LogP contribution in [0.15, 0.2) is 24.3 Å². The molecule has 0 fully saturated rings. The minimum absolute atomic E-state index is 0. The van der Waals surface area contributed by atoms with Crippen LogP contribution in [0.25, 0.3) is 0 Å². The number of hydrogen-bond donors (Lipinski definition) is 2. The third-order valence-corrected chi connectivity index (χ3v) is 3.52. The van der Waals surface area contributed by atoms with Crippen LogP contribution in [0.2, 0.25) is 0 Å². The molecule has 0 saturated heterocycles. The summed E-state index contributed by atoms with van der Waals surface area (Å²) in [6.45, 7) is 6.74. The Morgan fingerprint density at radius 1 is 1.19 bits per heavy atom. The number of carbonyl (C=O) groups excluding carboxylic acids is 1. The predicted molar refractivity (Wildman–Crippen MR) is 93.3 cm³/mol. The second kappa shape index (κ2) is 11.6. The molecule has 1 atom stereocenters. The summed E-state index contributed by atoms with van der Waals surface area (Å²) >= 11 is 0. The number of unbranched alkanes of at least 4 members (excludes halogenated alkanes) is 3. The van der Waals surface area contributed by atoms with Gasteiger partial charge >= 0.3 is 0 Å². The molecular formula is C17H29ClN2O. The molecule has 0 heterocycles. The van der Waals surface area contributed by atoms with Gasteiger partial charge in [0.2, 0.25) is 5.91 Å². The van der Waals surface area contributed by atoms with Crippen LogP contribution >= 0.6 is 12.4 Å². The highest BCUT2D eigenvalue weighted by molar-refractivity contribution is 5.92. The van der Waals surface area contributed by atoms with Crippen molar-refractivity contribution in [3.63, 3.8) is 0 Å². The molecule has 0 spiro atoms. The molecule has 0 aliphatic heterocycles. The van der Waals surface area contributed by atoms with Crippen molar-refractivity contribution in [2.24, 2.45) is 0 Å². The van der Waals surface area contributed by atoms with Crippen molar-refractivity contribution in [2.75, 3.05) is 11.9 Å². The Bertz CT molecular complexity index is 410. The van der Waals surface area contributed by atoms with Gasteiger partial charge < -0.3 is 10.6 Å². The SMILES string of the molecule is CCCCCCC(C)NCC(=O)Nc1ccccc1C.Cl. The van der Waals surface area contributed by atoms with Gasteiger partial charge in [0.25, 0.3) is 0 Å². The Labute approximate surface area is 135 Å². The first kappa shape index (κ1) is 19.9. The molecule has 0 bridgehead atoms. The summed E-state index contributed by atoms with van der Waals surface area (Å²) in [5, 5.41) is 6.23. The molecule has 4 heteroatoms. The number of nitrogens with one attached hydrogen (secondary N) is 2. The number of anilines is 1. The van der Waals surface area contributed by atoms with E-state index in [1.165, 1.54) is 25.7 Å². The van der Waals surface area contributed by atoms with Crippen molar-refractivity contribution in [2.45, 2.75) is 58.9 Å². The maximum Gasteiger partial charge on any atom is 0.238 e. The predicted octanol–water partition coefficient (Wildman–Crippen LogP) is 4.30. The smallest absolute Gasteiger partial charge is 0.238 e. The monoisotopic (exact) mass is 312 g/mol. The van der Waals surface area contributed by atoms with Crippen molar-refractivity contribution in [1.29, 1.82) is 0 Å². The maximum absolute atomic E-state index is 11.9. The van der Waals surface area contributed by atoms with Gasteiger partial charge in [-0.15, -0.1) is 12.4 Å². The van der Waals surface area contributed by atoms with Gasteiger partial charge in [-0.3, -0.25) is 4.79 Å². The Morgan fingerprint density at radius 3 is 2.57 bits per heavy atom. The number of halogens is 1. The molecule has 0 saturated carbocycles. The minimum atomic E-state index is 0. The van der Waals surface area contributed by atoms with E-state index in [9.17, 15) is 4.79 Å². The van der Waals surface area contributed by atoms with Gasteiger partial charge in [-0.25, -0.2) is 0 Å². The summed E-state index contributed by atoms with van der Waals surface area (Å²) in [5.74, 6) is 0.0275. The molecule has 0 aromatic heterocycles. The Balaban J connectivity index is 0.00000400. The van der Waals surface area contributed by atoms with Gasteiger partial charge in [0, 0.05) is 11.7 Å². The van der Waals surface area contributed by atoms with Crippen LogP contribution in [0.4, 0.5) is 5.69 Å². The number of hydrogen-bond acceptors (Lipinski definition) is 2. The standard InChI is InChI=1S/C17H28N2O.ClH/c1-4-5-6-7-11-15(3)18-13-17(20)19-16-12-9-8-10-14(16)2;/h8-10,12,15,18H,4-7,11,13H2,1-3H3,(H,19,20);1H. The first-order chi connectivity index (χ1) is 9.63. The molecular weight excluding hydrogens is 284 g/mol. The van der Waals surface area contributed by atoms with E-state index < -0.39 is 0 Å². The first-order valence-corrected chi connectivity index (χ1v) is 7.72. The molecule has 1 unspecified atom stereocenters. The van der Waals surface area contributed by atoms with E-state index in [1.54, 1.807) is 0 Å². The third-order valence-electron chi connectivity index (χ3n) is 3.52. The van der Waals surface area contributed by atoms with E-state index in [1.807, 2.05) is 31.2 Å². The number of para-hydroxylation sites is 1. The van der Waals surface area contributed by atoms with Crippen molar-refractivity contribution in [3.8, 4) is 0 Å². The van der Waals surface area contributed by atoms with Crippen LogP contribution in [0.5, 0.6) is 0 Å². The molecule has 0 aliphatic carbocycles. The van der Waals surface area contributed by atoms with Gasteiger partial charge in [0.05, 0.1) is 6.54 Å². The lowest BCUT2D eigenvalue weighted by molar-refractivity contribution is -0.115. The summed E-state index contributed by atoms with van der Waals surface area (Å²) in [5.41, 5.74) is 1.99. The average molecular weight is 313 g/mol. The molecule has 1 aromatic carbocycles. The molecule has 21 heavy (non-hydrogen) atoms. The molecule has 2 N–H and O–H groups in total. The van der Waals surface area contributed by atoms with E-state index in [0.29, 0.717) is 12.6 Å². The number of rotatable bonds is 9. The Hall–Kier alpha value is -1.06. The zero-order valence-electron chi connectivity index (χ0n) is 13.4. The summed E-state index contributed by atoms with van der Waals surface area (Å²) in [6, 6.07) is 8.24. The van der Waals surface area contributed by atoms with Crippen molar-refractivity contribution >= 4 is 24.0 Å². The number of benzene rings is 1. The second-order valence-electron chi connectivity index (χ2n) is 5.49. The van der Waals surface area contributed by atoms with Crippen molar-refractivity contribution in [1.82, 2.24) is 5.32 Å². The Kier molecular flexibility index (Phi) is 11.0. The lowest BCUT2D eigenvalue weighted by Gasteiger charge is -2.14. The third kappa shape index (κ3) is 8.74. The molecule has 0 radical (unpaired) electrons. The fourth-order valence-electron chi connectivity index (χ4n) is 2.15. The highest BCUT2D eigenvalue weighted by Crippen LogP contribution is 2.12. The van der Waals surface area contributed by atoms with Crippen LogP contribution in [0.1, 0.15) is 51.5 Å². The van der Waals surface area contributed by atoms with Gasteiger partial charge in [0.15, 0.2) is 0 Å². The van der Waals surface area contributed by atoms with Gasteiger partial charge in [-0.2, -0.15) is 0 Å². The lowest BCUT2D eigenvalue weighted by atomic mass is 10.1. The van der Waals surface area contributed by atoms with Crippen LogP contribution in [0.3, 0.4) is 0 Å².